The van der Waals surface area contributed by atoms with Gasteiger partial charge in [0.1, 0.15) is 5.76 Å². The third-order valence-corrected chi connectivity index (χ3v) is 3.75. The summed E-state index contributed by atoms with van der Waals surface area (Å²) in [4.78, 5) is 23.6. The first-order chi connectivity index (χ1) is 10.8. The number of hydrogen-bond acceptors (Lipinski definition) is 4. The largest absolute Gasteiger partial charge is 0.361 e. The number of carbonyl (C=O) groups is 1. The van der Waals surface area contributed by atoms with Gasteiger partial charge in [0.05, 0.1) is 11.4 Å². The van der Waals surface area contributed by atoms with Crippen molar-refractivity contribution in [3.8, 4) is 0 Å². The second kappa shape index (κ2) is 6.68. The Bertz CT molecular complexity index is 757. The number of carbonyl (C=O) groups excluding carboxylic acids is 1. The number of amides is 2. The van der Waals surface area contributed by atoms with Crippen molar-refractivity contribution >= 4 is 11.7 Å². The molecule has 0 aromatic carbocycles. The molecular formula is C16H22N4O3. The summed E-state index contributed by atoms with van der Waals surface area (Å²) >= 11 is 0. The van der Waals surface area contributed by atoms with Crippen LogP contribution in [0.25, 0.3) is 0 Å². The molecule has 0 aliphatic rings. The molecule has 7 heteroatoms. The number of pyridine rings is 1. The summed E-state index contributed by atoms with van der Waals surface area (Å²) < 4.78 is 6.55. The highest BCUT2D eigenvalue weighted by molar-refractivity contribution is 5.90. The molecule has 0 radical (unpaired) electrons. The predicted molar refractivity (Wildman–Crippen MR) is 87.7 cm³/mol. The van der Waals surface area contributed by atoms with Gasteiger partial charge in [0.2, 0.25) is 0 Å². The normalized spacial score (nSPS) is 12.0. The van der Waals surface area contributed by atoms with Crippen LogP contribution in [0, 0.1) is 20.8 Å². The minimum absolute atomic E-state index is 0.0837. The highest BCUT2D eigenvalue weighted by atomic mass is 16.5. The monoisotopic (exact) mass is 318 g/mol. The molecule has 0 aliphatic heterocycles. The van der Waals surface area contributed by atoms with Gasteiger partial charge in [0.15, 0.2) is 0 Å². The predicted octanol–water partition coefficient (Wildman–Crippen LogP) is 2.05. The molecule has 2 aromatic heterocycles. The zero-order chi connectivity index (χ0) is 17.1. The summed E-state index contributed by atoms with van der Waals surface area (Å²) in [6, 6.07) is 1.09. The molecule has 124 valence electrons. The number of nitrogens with zero attached hydrogens (tertiary/aromatic N) is 2. The number of nitrogens with one attached hydrogen (secondary N) is 2. The molecule has 7 nitrogen and oxygen atoms in total. The number of aryl methyl sites for hydroxylation is 4. The lowest BCUT2D eigenvalue weighted by atomic mass is 10.1. The Morgan fingerprint density at radius 2 is 2.09 bits per heavy atom. The van der Waals surface area contributed by atoms with Gasteiger partial charge in [0, 0.05) is 30.9 Å². The van der Waals surface area contributed by atoms with Crippen molar-refractivity contribution in [1.29, 1.82) is 0 Å². The highest BCUT2D eigenvalue weighted by Crippen LogP contribution is 2.15. The molecule has 1 unspecified atom stereocenters. The van der Waals surface area contributed by atoms with Crippen LogP contribution in [-0.4, -0.2) is 21.8 Å². The average molecular weight is 318 g/mol. The van der Waals surface area contributed by atoms with E-state index in [4.69, 9.17) is 4.52 Å². The number of aromatic nitrogens is 2. The second-order valence-corrected chi connectivity index (χ2v) is 5.83. The van der Waals surface area contributed by atoms with Crippen LogP contribution >= 0.6 is 0 Å². The molecule has 1 atom stereocenters. The van der Waals surface area contributed by atoms with E-state index in [1.165, 1.54) is 10.6 Å². The summed E-state index contributed by atoms with van der Waals surface area (Å²) in [5.74, 6) is 0.769. The Morgan fingerprint density at radius 1 is 1.39 bits per heavy atom. The topological polar surface area (TPSA) is 89.2 Å². The van der Waals surface area contributed by atoms with Crippen molar-refractivity contribution in [2.24, 2.45) is 7.05 Å². The van der Waals surface area contributed by atoms with Gasteiger partial charge in [-0.15, -0.1) is 0 Å². The first-order valence-corrected chi connectivity index (χ1v) is 7.44. The van der Waals surface area contributed by atoms with Crippen molar-refractivity contribution in [2.75, 3.05) is 5.32 Å². The molecular weight excluding hydrogens is 296 g/mol. The van der Waals surface area contributed by atoms with E-state index in [-0.39, 0.29) is 17.6 Å². The quantitative estimate of drug-likeness (QED) is 0.903. The van der Waals surface area contributed by atoms with Crippen LogP contribution in [0.3, 0.4) is 0 Å². The SMILES string of the molecule is Cc1cc(=O)n(C)cc1NC(=O)NC(C)Cc1c(C)noc1C. The lowest BCUT2D eigenvalue weighted by Gasteiger charge is -2.16. The summed E-state index contributed by atoms with van der Waals surface area (Å²) in [7, 11) is 1.64. The van der Waals surface area contributed by atoms with Gasteiger partial charge in [-0.25, -0.2) is 4.79 Å². The van der Waals surface area contributed by atoms with Gasteiger partial charge in [-0.3, -0.25) is 4.79 Å². The Labute approximate surface area is 134 Å². The molecule has 23 heavy (non-hydrogen) atoms. The van der Waals surface area contributed by atoms with Crippen LogP contribution in [0.5, 0.6) is 0 Å². The minimum Gasteiger partial charge on any atom is -0.361 e. The molecule has 2 aromatic rings. The third-order valence-electron chi connectivity index (χ3n) is 3.75. The fourth-order valence-corrected chi connectivity index (χ4v) is 2.39. The van der Waals surface area contributed by atoms with Gasteiger partial charge in [0.25, 0.3) is 5.56 Å². The van der Waals surface area contributed by atoms with Gasteiger partial charge in [-0.05, 0) is 39.7 Å². The van der Waals surface area contributed by atoms with E-state index in [1.54, 1.807) is 20.2 Å². The second-order valence-electron chi connectivity index (χ2n) is 5.83. The van der Waals surface area contributed by atoms with Crippen LogP contribution in [0.15, 0.2) is 21.6 Å². The van der Waals surface area contributed by atoms with Crippen molar-refractivity contribution in [3.05, 3.63) is 45.2 Å². The fourth-order valence-electron chi connectivity index (χ4n) is 2.39. The lowest BCUT2D eigenvalue weighted by molar-refractivity contribution is 0.249. The van der Waals surface area contributed by atoms with E-state index >= 15 is 0 Å². The van der Waals surface area contributed by atoms with E-state index in [2.05, 4.69) is 15.8 Å². The maximum Gasteiger partial charge on any atom is 0.319 e. The summed E-state index contributed by atoms with van der Waals surface area (Å²) in [5.41, 5.74) is 3.07. The number of rotatable bonds is 4. The number of urea groups is 1. The summed E-state index contributed by atoms with van der Waals surface area (Å²) in [5, 5.41) is 9.55. The van der Waals surface area contributed by atoms with Crippen LogP contribution in [-0.2, 0) is 13.5 Å². The zero-order valence-corrected chi connectivity index (χ0v) is 14.1. The molecule has 2 N–H and O–H groups in total. The Kier molecular flexibility index (Phi) is 4.88. The van der Waals surface area contributed by atoms with E-state index in [0.717, 1.165) is 22.6 Å². The van der Waals surface area contributed by atoms with Gasteiger partial charge < -0.3 is 19.7 Å². The Balaban J connectivity index is 1.99. The van der Waals surface area contributed by atoms with Crippen LogP contribution in [0.2, 0.25) is 0 Å². The first-order valence-electron chi connectivity index (χ1n) is 7.44. The lowest BCUT2D eigenvalue weighted by Crippen LogP contribution is -2.38. The Hall–Kier alpha value is -2.57. The molecule has 0 saturated heterocycles. The smallest absolute Gasteiger partial charge is 0.319 e. The molecule has 2 amide bonds. The molecule has 0 spiro atoms. The van der Waals surface area contributed by atoms with E-state index in [1.807, 2.05) is 20.8 Å². The molecule has 0 fully saturated rings. The van der Waals surface area contributed by atoms with Crippen LogP contribution in [0.4, 0.5) is 10.5 Å². The van der Waals surface area contributed by atoms with Gasteiger partial charge in [-0.2, -0.15) is 0 Å². The van der Waals surface area contributed by atoms with Gasteiger partial charge >= 0.3 is 6.03 Å². The van der Waals surface area contributed by atoms with Crippen molar-refractivity contribution in [1.82, 2.24) is 15.0 Å². The maximum atomic E-state index is 12.1. The van der Waals surface area contributed by atoms with Crippen LogP contribution in [0.1, 0.15) is 29.5 Å². The van der Waals surface area contributed by atoms with E-state index < -0.39 is 0 Å². The van der Waals surface area contributed by atoms with E-state index in [0.29, 0.717) is 12.1 Å². The summed E-state index contributed by atoms with van der Waals surface area (Å²) in [6.07, 6.45) is 2.25. The molecule has 0 aliphatic carbocycles. The number of hydrogen-bond donors (Lipinski definition) is 2. The fraction of sp³-hybridized carbons (Fsp3) is 0.438. The Morgan fingerprint density at radius 3 is 2.70 bits per heavy atom. The summed E-state index contributed by atoms with van der Waals surface area (Å²) in [6.45, 7) is 7.44. The minimum atomic E-state index is -0.314. The van der Waals surface area contributed by atoms with Crippen molar-refractivity contribution in [3.63, 3.8) is 0 Å². The van der Waals surface area contributed by atoms with Crippen LogP contribution < -0.4 is 16.2 Å². The molecule has 2 heterocycles. The highest BCUT2D eigenvalue weighted by Gasteiger charge is 2.15. The maximum absolute atomic E-state index is 12.1. The standard InChI is InChI=1S/C16H22N4O3/c1-9-6-15(21)20(5)8-14(9)18-16(22)17-10(2)7-13-11(3)19-23-12(13)4/h6,8,10H,7H2,1-5H3,(H2,17,18,22). The molecule has 2 rings (SSSR count). The number of anilines is 1. The molecule has 0 bridgehead atoms. The van der Waals surface area contributed by atoms with E-state index in [9.17, 15) is 9.59 Å². The first kappa shape index (κ1) is 16.8. The van der Waals surface area contributed by atoms with Crippen molar-refractivity contribution < 1.29 is 9.32 Å². The van der Waals surface area contributed by atoms with Gasteiger partial charge in [-0.1, -0.05) is 5.16 Å². The average Bonchev–Trinajstić information content (AvgIpc) is 2.76. The van der Waals surface area contributed by atoms with Crippen molar-refractivity contribution in [2.45, 2.75) is 40.2 Å². The molecule has 0 saturated carbocycles. The third kappa shape index (κ3) is 4.00. The zero-order valence-electron chi connectivity index (χ0n) is 14.1.